The molecule has 0 spiro atoms. The lowest BCUT2D eigenvalue weighted by Gasteiger charge is -2.39. The van der Waals surface area contributed by atoms with Crippen molar-refractivity contribution in [3.8, 4) is 11.5 Å². The quantitative estimate of drug-likeness (QED) is 0.236. The summed E-state index contributed by atoms with van der Waals surface area (Å²) in [6.07, 6.45) is 4.14. The summed E-state index contributed by atoms with van der Waals surface area (Å²) in [5, 5.41) is 24.2. The van der Waals surface area contributed by atoms with Crippen LogP contribution in [-0.4, -0.2) is 63.4 Å². The van der Waals surface area contributed by atoms with Crippen molar-refractivity contribution in [2.75, 3.05) is 12.3 Å². The lowest BCUT2D eigenvalue weighted by atomic mass is 9.70. The van der Waals surface area contributed by atoms with Crippen LogP contribution in [-0.2, 0) is 14.3 Å². The molecule has 5 unspecified atom stereocenters. The number of hydrogen-bond acceptors (Lipinski definition) is 8. The highest BCUT2D eigenvalue weighted by atomic mass is 32.2. The number of thiophene rings is 1. The number of carbonyl (C=O) groups excluding carboxylic acids is 3. The molecular weight excluding hydrogens is 536 g/mol. The van der Waals surface area contributed by atoms with Gasteiger partial charge < -0.3 is 25.2 Å². The molecule has 2 bridgehead atoms. The molecule has 1 aromatic heterocycles. The minimum absolute atomic E-state index is 0.0652. The SMILES string of the molecule is CC1(C)C2CCC1(C)C(OC(=O)C1CCCN1C(=O)C(CSc1cccs1)NC(=O)c1ccc(O)c(O)c1)C2. The fraction of sp³-hybridized carbons (Fsp3) is 0.552. The van der Waals surface area contributed by atoms with Gasteiger partial charge in [0.05, 0.1) is 4.21 Å². The predicted octanol–water partition coefficient (Wildman–Crippen LogP) is 4.80. The standard InChI is InChI=1S/C29H36N2O6S2/c1-28(2)18-10-11-29(28,3)23(15-18)37-27(36)20-6-4-12-31(20)26(35)19(16-39-24-7-5-13-38-24)30-25(34)17-8-9-21(32)22(33)14-17/h5,7-9,13-14,18-20,23,32-33H,4,6,10-12,15-16H2,1-3H3,(H,30,34). The van der Waals surface area contributed by atoms with Crippen LogP contribution in [0.4, 0.5) is 0 Å². The second-order valence-corrected chi connectivity index (χ2v) is 14.0. The number of benzene rings is 1. The van der Waals surface area contributed by atoms with E-state index < -0.39 is 23.7 Å². The van der Waals surface area contributed by atoms with E-state index in [9.17, 15) is 24.6 Å². The lowest BCUT2D eigenvalue weighted by Crippen LogP contribution is -2.53. The van der Waals surface area contributed by atoms with Crippen molar-refractivity contribution in [3.05, 3.63) is 41.3 Å². The number of esters is 1. The Balaban J connectivity index is 1.30. The van der Waals surface area contributed by atoms with Crippen molar-refractivity contribution >= 4 is 40.9 Å². The Labute approximate surface area is 237 Å². The molecule has 8 nitrogen and oxygen atoms in total. The molecule has 1 saturated heterocycles. The Hall–Kier alpha value is -2.72. The topological polar surface area (TPSA) is 116 Å². The average Bonchev–Trinajstić information content (AvgIpc) is 3.67. The van der Waals surface area contributed by atoms with Gasteiger partial charge in [0.15, 0.2) is 11.5 Å². The summed E-state index contributed by atoms with van der Waals surface area (Å²) in [4.78, 5) is 41.9. The molecule has 2 aliphatic carbocycles. The number of nitrogens with one attached hydrogen (secondary N) is 1. The van der Waals surface area contributed by atoms with Gasteiger partial charge in [-0.1, -0.05) is 26.8 Å². The molecule has 210 valence electrons. The molecule has 5 atom stereocenters. The minimum Gasteiger partial charge on any atom is -0.504 e. The first-order valence-corrected chi connectivity index (χ1v) is 15.4. The zero-order valence-electron chi connectivity index (χ0n) is 22.5. The van der Waals surface area contributed by atoms with Crippen LogP contribution in [0.15, 0.2) is 39.9 Å². The molecule has 3 fully saturated rings. The third kappa shape index (κ3) is 5.13. The van der Waals surface area contributed by atoms with Crippen LogP contribution in [0.5, 0.6) is 11.5 Å². The highest BCUT2D eigenvalue weighted by Gasteiger charge is 2.63. The van der Waals surface area contributed by atoms with E-state index in [1.165, 1.54) is 23.9 Å². The van der Waals surface area contributed by atoms with E-state index >= 15 is 0 Å². The van der Waals surface area contributed by atoms with Crippen molar-refractivity contribution in [2.24, 2.45) is 16.7 Å². The van der Waals surface area contributed by atoms with E-state index in [1.54, 1.807) is 16.2 Å². The van der Waals surface area contributed by atoms with Gasteiger partial charge in [0, 0.05) is 23.3 Å². The molecule has 2 heterocycles. The van der Waals surface area contributed by atoms with Gasteiger partial charge in [-0.05, 0) is 73.1 Å². The number of rotatable bonds is 8. The van der Waals surface area contributed by atoms with Crippen molar-refractivity contribution in [2.45, 2.75) is 75.3 Å². The summed E-state index contributed by atoms with van der Waals surface area (Å²) in [5.41, 5.74) is 0.165. The fourth-order valence-electron chi connectivity index (χ4n) is 6.59. The van der Waals surface area contributed by atoms with Gasteiger partial charge in [-0.3, -0.25) is 9.59 Å². The van der Waals surface area contributed by atoms with Crippen LogP contribution >= 0.6 is 23.1 Å². The number of phenolic OH excluding ortho intramolecular Hbond substituents is 2. The third-order valence-electron chi connectivity index (χ3n) is 9.51. The molecule has 2 amide bonds. The number of likely N-dealkylation sites (tertiary alicyclic amines) is 1. The molecule has 39 heavy (non-hydrogen) atoms. The second-order valence-electron chi connectivity index (χ2n) is 11.7. The molecule has 2 aromatic rings. The smallest absolute Gasteiger partial charge is 0.329 e. The first-order valence-electron chi connectivity index (χ1n) is 13.5. The molecule has 2 saturated carbocycles. The van der Waals surface area contributed by atoms with Crippen molar-refractivity contribution in [1.29, 1.82) is 0 Å². The van der Waals surface area contributed by atoms with Gasteiger partial charge in [-0.2, -0.15) is 0 Å². The Morgan fingerprint density at radius 1 is 1.18 bits per heavy atom. The Bertz CT molecular complexity index is 1250. The van der Waals surface area contributed by atoms with Gasteiger partial charge in [-0.25, -0.2) is 4.79 Å². The predicted molar refractivity (Wildman–Crippen MR) is 150 cm³/mol. The lowest BCUT2D eigenvalue weighted by molar-refractivity contribution is -0.165. The first kappa shape index (κ1) is 27.8. The minimum atomic E-state index is -0.895. The van der Waals surface area contributed by atoms with Crippen molar-refractivity contribution in [3.63, 3.8) is 0 Å². The van der Waals surface area contributed by atoms with Gasteiger partial charge in [0.25, 0.3) is 5.91 Å². The average molecular weight is 573 g/mol. The van der Waals surface area contributed by atoms with Crippen LogP contribution in [0.25, 0.3) is 0 Å². The molecule has 1 aliphatic heterocycles. The normalized spacial score (nSPS) is 27.9. The number of carbonyl (C=O) groups is 3. The maximum Gasteiger partial charge on any atom is 0.329 e. The van der Waals surface area contributed by atoms with Gasteiger partial charge in [-0.15, -0.1) is 23.1 Å². The summed E-state index contributed by atoms with van der Waals surface area (Å²) in [6, 6.07) is 6.07. The molecule has 10 heteroatoms. The summed E-state index contributed by atoms with van der Waals surface area (Å²) < 4.78 is 7.15. The van der Waals surface area contributed by atoms with E-state index in [0.29, 0.717) is 25.3 Å². The molecular formula is C29H36N2O6S2. The van der Waals surface area contributed by atoms with E-state index in [-0.39, 0.29) is 45.9 Å². The number of phenols is 2. The number of fused-ring (bicyclic) bond motifs is 2. The molecule has 3 aliphatic rings. The van der Waals surface area contributed by atoms with E-state index in [0.717, 1.165) is 29.5 Å². The summed E-state index contributed by atoms with van der Waals surface area (Å²) >= 11 is 3.01. The zero-order valence-corrected chi connectivity index (χ0v) is 24.1. The fourth-order valence-corrected chi connectivity index (χ4v) is 8.42. The van der Waals surface area contributed by atoms with Gasteiger partial charge >= 0.3 is 5.97 Å². The number of amides is 2. The number of hydrogen-bond donors (Lipinski definition) is 3. The van der Waals surface area contributed by atoms with Gasteiger partial charge in [0.1, 0.15) is 18.2 Å². The van der Waals surface area contributed by atoms with E-state index in [1.807, 2.05) is 17.5 Å². The van der Waals surface area contributed by atoms with Crippen LogP contribution in [0, 0.1) is 16.7 Å². The second kappa shape index (κ2) is 10.7. The number of ether oxygens (including phenoxy) is 1. The highest BCUT2D eigenvalue weighted by molar-refractivity contribution is 8.01. The number of aromatic hydroxyl groups is 2. The summed E-state index contributed by atoms with van der Waals surface area (Å²) in [7, 11) is 0. The van der Waals surface area contributed by atoms with Crippen LogP contribution in [0.1, 0.15) is 63.2 Å². The van der Waals surface area contributed by atoms with Crippen LogP contribution in [0.3, 0.4) is 0 Å². The monoisotopic (exact) mass is 572 g/mol. The van der Waals surface area contributed by atoms with E-state index in [2.05, 4.69) is 26.1 Å². The molecule has 0 radical (unpaired) electrons. The van der Waals surface area contributed by atoms with Crippen LogP contribution < -0.4 is 5.32 Å². The maximum atomic E-state index is 13.8. The highest BCUT2D eigenvalue weighted by Crippen LogP contribution is 2.66. The van der Waals surface area contributed by atoms with Crippen molar-refractivity contribution < 1.29 is 29.3 Å². The number of nitrogens with zero attached hydrogens (tertiary/aromatic N) is 1. The van der Waals surface area contributed by atoms with Crippen LogP contribution in [0.2, 0.25) is 0 Å². The first-order chi connectivity index (χ1) is 18.5. The molecule has 3 N–H and O–H groups in total. The summed E-state index contributed by atoms with van der Waals surface area (Å²) in [6.45, 7) is 7.20. The third-order valence-corrected chi connectivity index (χ3v) is 11.7. The number of thioether (sulfide) groups is 1. The summed E-state index contributed by atoms with van der Waals surface area (Å²) in [5.74, 6) is -1.16. The Morgan fingerprint density at radius 2 is 1.97 bits per heavy atom. The Morgan fingerprint density at radius 3 is 2.62 bits per heavy atom. The Kier molecular flexibility index (Phi) is 7.63. The van der Waals surface area contributed by atoms with Crippen molar-refractivity contribution in [1.82, 2.24) is 10.2 Å². The van der Waals surface area contributed by atoms with E-state index in [4.69, 9.17) is 4.74 Å². The molecule has 5 rings (SSSR count). The largest absolute Gasteiger partial charge is 0.504 e. The zero-order chi connectivity index (χ0) is 27.9. The van der Waals surface area contributed by atoms with Gasteiger partial charge in [0.2, 0.25) is 5.91 Å². The molecule has 1 aromatic carbocycles. The maximum absolute atomic E-state index is 13.8.